The lowest BCUT2D eigenvalue weighted by Crippen LogP contribution is -2.59. The molecule has 2 aromatic heterocycles. The van der Waals surface area contributed by atoms with Crippen LogP contribution in [0.5, 0.6) is 0 Å². The molecule has 5 nitrogen and oxygen atoms in total. The van der Waals surface area contributed by atoms with Gasteiger partial charge in [0.15, 0.2) is 5.13 Å². The molecule has 1 aliphatic heterocycles. The Morgan fingerprint density at radius 2 is 1.86 bits per heavy atom. The van der Waals surface area contributed by atoms with Crippen LogP contribution in [0, 0.1) is 23.2 Å². The van der Waals surface area contributed by atoms with Crippen LogP contribution in [0.1, 0.15) is 50.1 Å². The first-order chi connectivity index (χ1) is 17.2. The lowest BCUT2D eigenvalue weighted by molar-refractivity contribution is -0.129. The molecule has 2 N–H and O–H groups in total. The maximum atomic E-state index is 11.9. The molecule has 4 saturated carbocycles. The third kappa shape index (κ3) is 3.02. The molecule has 0 saturated heterocycles. The Morgan fingerprint density at radius 3 is 2.71 bits per heavy atom. The highest BCUT2D eigenvalue weighted by atomic mass is 32.1. The number of aliphatic hydroxyl groups excluding tert-OH is 1. The van der Waals surface area contributed by atoms with Crippen LogP contribution in [0.2, 0.25) is 0 Å². The zero-order chi connectivity index (χ0) is 23.1. The van der Waals surface area contributed by atoms with E-state index in [2.05, 4.69) is 63.4 Å². The van der Waals surface area contributed by atoms with E-state index < -0.39 is 0 Å². The van der Waals surface area contributed by atoms with Crippen molar-refractivity contribution in [3.05, 3.63) is 66.6 Å². The molecule has 4 bridgehead atoms. The van der Waals surface area contributed by atoms with Crippen molar-refractivity contribution in [3.63, 3.8) is 0 Å². The van der Waals surface area contributed by atoms with Gasteiger partial charge < -0.3 is 15.0 Å². The molecule has 4 unspecified atom stereocenters. The fourth-order valence-corrected chi connectivity index (χ4v) is 9.35. The Morgan fingerprint density at radius 1 is 1.06 bits per heavy atom. The van der Waals surface area contributed by atoms with Gasteiger partial charge >= 0.3 is 0 Å². The van der Waals surface area contributed by atoms with Crippen molar-refractivity contribution in [1.29, 1.82) is 0 Å². The van der Waals surface area contributed by atoms with Crippen molar-refractivity contribution in [2.45, 2.75) is 56.7 Å². The molecule has 9 rings (SSSR count). The van der Waals surface area contributed by atoms with Gasteiger partial charge in [0.25, 0.3) is 0 Å². The lowest BCUT2D eigenvalue weighted by atomic mass is 9.46. The third-order valence-corrected chi connectivity index (χ3v) is 10.6. The highest BCUT2D eigenvalue weighted by Crippen LogP contribution is 2.63. The van der Waals surface area contributed by atoms with E-state index in [1.54, 1.807) is 11.3 Å². The fourth-order valence-electron chi connectivity index (χ4n) is 8.44. The van der Waals surface area contributed by atoms with Crippen molar-refractivity contribution in [2.24, 2.45) is 23.2 Å². The van der Waals surface area contributed by atoms with Crippen LogP contribution in [0.3, 0.4) is 0 Å². The summed E-state index contributed by atoms with van der Waals surface area (Å²) in [6, 6.07) is 17.7. The third-order valence-electron chi connectivity index (χ3n) is 9.66. The number of rotatable bonds is 5. The minimum atomic E-state index is -0.287. The van der Waals surface area contributed by atoms with Gasteiger partial charge in [-0.1, -0.05) is 47.7 Å². The van der Waals surface area contributed by atoms with Crippen molar-refractivity contribution in [2.75, 3.05) is 5.32 Å². The van der Waals surface area contributed by atoms with Crippen molar-refractivity contribution < 1.29 is 5.11 Å². The second-order valence-electron chi connectivity index (χ2n) is 11.5. The summed E-state index contributed by atoms with van der Waals surface area (Å²) in [7, 11) is 0. The number of nitrogens with zero attached hydrogens (tertiary/aromatic N) is 3. The van der Waals surface area contributed by atoms with Crippen LogP contribution >= 0.6 is 11.3 Å². The number of aromatic nitrogens is 3. The summed E-state index contributed by atoms with van der Waals surface area (Å²) < 4.78 is 3.53. The van der Waals surface area contributed by atoms with E-state index in [1.807, 2.05) is 12.5 Å². The Labute approximate surface area is 209 Å². The molecule has 35 heavy (non-hydrogen) atoms. The fraction of sp³-hybridized carbons (Fsp3) is 0.448. The minimum absolute atomic E-state index is 0.0561. The monoisotopic (exact) mass is 482 g/mol. The average molecular weight is 483 g/mol. The Balaban J connectivity index is 1.05. The number of hydrogen-bond donors (Lipinski definition) is 2. The van der Waals surface area contributed by atoms with E-state index in [-0.39, 0.29) is 17.6 Å². The maximum absolute atomic E-state index is 11.9. The molecule has 4 aliphatic carbocycles. The number of fused-ring (bicyclic) bond motifs is 4. The van der Waals surface area contributed by atoms with Gasteiger partial charge in [0.05, 0.1) is 40.6 Å². The zero-order valence-corrected chi connectivity index (χ0v) is 20.5. The van der Waals surface area contributed by atoms with E-state index in [0.29, 0.717) is 17.9 Å². The SMILES string of the molecule is OC(CC1c2ccccc2-c2cncn21)C12CC3CC(C1)C(Nc1nc4ccccc4s1)C(C3)C2. The molecule has 0 spiro atoms. The van der Waals surface area contributed by atoms with Gasteiger partial charge in [-0.2, -0.15) is 0 Å². The normalized spacial score (nSPS) is 33.1. The molecule has 4 atom stereocenters. The summed E-state index contributed by atoms with van der Waals surface area (Å²) in [5.74, 6) is 2.01. The number of imidazole rings is 1. The van der Waals surface area contributed by atoms with Gasteiger partial charge in [0.2, 0.25) is 0 Å². The number of thiazole rings is 1. The van der Waals surface area contributed by atoms with Crippen LogP contribution in [0.25, 0.3) is 21.5 Å². The average Bonchev–Trinajstić information content (AvgIpc) is 3.56. The molecule has 3 heterocycles. The van der Waals surface area contributed by atoms with Crippen LogP contribution in [0.4, 0.5) is 5.13 Å². The minimum Gasteiger partial charge on any atom is -0.392 e. The molecule has 178 valence electrons. The van der Waals surface area contributed by atoms with E-state index in [9.17, 15) is 5.11 Å². The summed E-state index contributed by atoms with van der Waals surface area (Å²) in [4.78, 5) is 9.30. The second kappa shape index (κ2) is 7.40. The van der Waals surface area contributed by atoms with Crippen LogP contribution < -0.4 is 5.32 Å². The number of benzene rings is 2. The number of hydrogen-bond acceptors (Lipinski definition) is 5. The molecule has 4 aromatic rings. The predicted molar refractivity (Wildman–Crippen MR) is 139 cm³/mol. The van der Waals surface area contributed by atoms with Crippen LogP contribution in [-0.4, -0.2) is 31.8 Å². The topological polar surface area (TPSA) is 63.0 Å². The molecule has 6 heteroatoms. The molecule has 2 aromatic carbocycles. The summed E-state index contributed by atoms with van der Waals surface area (Å²) >= 11 is 1.78. The maximum Gasteiger partial charge on any atom is 0.184 e. The van der Waals surface area contributed by atoms with E-state index >= 15 is 0 Å². The molecule has 0 amide bonds. The van der Waals surface area contributed by atoms with E-state index in [1.165, 1.54) is 40.8 Å². The largest absolute Gasteiger partial charge is 0.392 e. The number of aliphatic hydroxyl groups is 1. The van der Waals surface area contributed by atoms with Crippen LogP contribution in [-0.2, 0) is 0 Å². The number of anilines is 1. The molecular weight excluding hydrogens is 452 g/mol. The highest BCUT2D eigenvalue weighted by molar-refractivity contribution is 7.22. The van der Waals surface area contributed by atoms with Crippen molar-refractivity contribution in [3.8, 4) is 11.3 Å². The summed E-state index contributed by atoms with van der Waals surface area (Å²) in [6.45, 7) is 0. The van der Waals surface area contributed by atoms with E-state index in [0.717, 1.165) is 35.8 Å². The second-order valence-corrected chi connectivity index (χ2v) is 12.6. The molecule has 0 radical (unpaired) electrons. The first-order valence-electron chi connectivity index (χ1n) is 13.1. The van der Waals surface area contributed by atoms with Crippen LogP contribution in [0.15, 0.2) is 61.1 Å². The summed E-state index contributed by atoms with van der Waals surface area (Å²) in [5, 5.41) is 16.8. The molecule has 5 aliphatic rings. The van der Waals surface area contributed by atoms with Gasteiger partial charge in [-0.15, -0.1) is 0 Å². The number of para-hydroxylation sites is 1. The first kappa shape index (κ1) is 20.5. The van der Waals surface area contributed by atoms with Gasteiger partial charge in [-0.25, -0.2) is 9.97 Å². The predicted octanol–water partition coefficient (Wildman–Crippen LogP) is 6.12. The quantitative estimate of drug-likeness (QED) is 0.360. The molecule has 4 fully saturated rings. The van der Waals surface area contributed by atoms with Gasteiger partial charge in [0.1, 0.15) is 0 Å². The van der Waals surface area contributed by atoms with Gasteiger partial charge in [-0.3, -0.25) is 0 Å². The first-order valence-corrected chi connectivity index (χ1v) is 13.9. The standard InChI is InChI=1S/C29H30N4OS/c34-26(11-23-20-5-1-2-6-21(20)24-15-30-16-33(23)24)29-12-17-9-18(13-29)27(19(10-17)14-29)32-28-31-22-7-3-4-8-25(22)35-28/h1-8,15-19,23,26-27,34H,9-14H2,(H,31,32). The highest BCUT2D eigenvalue weighted by Gasteiger charge is 2.58. The summed E-state index contributed by atoms with van der Waals surface area (Å²) in [6.07, 6.45) is 10.5. The Hall–Kier alpha value is -2.70. The zero-order valence-electron chi connectivity index (χ0n) is 19.7. The lowest BCUT2D eigenvalue weighted by Gasteiger charge is -2.61. The molecular formula is C29H30N4OS. The van der Waals surface area contributed by atoms with Gasteiger partial charge in [0, 0.05) is 11.6 Å². The smallest absolute Gasteiger partial charge is 0.184 e. The van der Waals surface area contributed by atoms with Gasteiger partial charge in [-0.05, 0) is 79.4 Å². The van der Waals surface area contributed by atoms with Crippen molar-refractivity contribution in [1.82, 2.24) is 14.5 Å². The Bertz CT molecular complexity index is 1380. The Kier molecular flexibility index (Phi) is 4.33. The summed E-state index contributed by atoms with van der Waals surface area (Å²) in [5.41, 5.74) is 4.94. The van der Waals surface area contributed by atoms with E-state index in [4.69, 9.17) is 4.98 Å². The van der Waals surface area contributed by atoms with Crippen molar-refractivity contribution >= 4 is 26.7 Å². The number of nitrogens with one attached hydrogen (secondary N) is 1.